The number of aromatic nitrogens is 2. The van der Waals surface area contributed by atoms with Crippen molar-refractivity contribution in [1.82, 2.24) is 9.55 Å². The lowest BCUT2D eigenvalue weighted by Gasteiger charge is -2.40. The van der Waals surface area contributed by atoms with Gasteiger partial charge in [-0.05, 0) is 59.9 Å². The van der Waals surface area contributed by atoms with E-state index in [0.29, 0.717) is 11.8 Å². The van der Waals surface area contributed by atoms with Crippen LogP contribution in [0.2, 0.25) is 5.15 Å². The van der Waals surface area contributed by atoms with Gasteiger partial charge in [0.1, 0.15) is 17.5 Å². The maximum Gasteiger partial charge on any atom is 0.129 e. The van der Waals surface area contributed by atoms with Crippen LogP contribution in [0.15, 0.2) is 73.1 Å². The standard InChI is InChI=1S/C26H26ClN3O/c1-26(2)12-14-29(24-6-4-3-5-22(24)26)15-16-31-21-8-9-23-19(17-21)11-13-30(23)20-7-10-25(27)28-18-20/h3-11,13,17-18H,12,14-16H2,1-2H3. The Morgan fingerprint density at radius 3 is 2.77 bits per heavy atom. The molecule has 0 saturated heterocycles. The van der Waals surface area contributed by atoms with Crippen LogP contribution in [0.5, 0.6) is 5.75 Å². The Labute approximate surface area is 188 Å². The Kier molecular flexibility index (Phi) is 5.11. The van der Waals surface area contributed by atoms with Crippen molar-refractivity contribution < 1.29 is 4.74 Å². The third kappa shape index (κ3) is 3.88. The molecule has 1 aliphatic heterocycles. The van der Waals surface area contributed by atoms with E-state index in [0.717, 1.165) is 41.9 Å². The number of hydrogen-bond donors (Lipinski definition) is 0. The quantitative estimate of drug-likeness (QED) is 0.350. The van der Waals surface area contributed by atoms with Crippen LogP contribution >= 0.6 is 11.6 Å². The van der Waals surface area contributed by atoms with Gasteiger partial charge in [-0.2, -0.15) is 0 Å². The van der Waals surface area contributed by atoms with Gasteiger partial charge in [-0.15, -0.1) is 0 Å². The SMILES string of the molecule is CC1(C)CCN(CCOc2ccc3c(ccn3-c3ccc(Cl)nc3)c2)c2ccccc21. The molecule has 0 N–H and O–H groups in total. The fourth-order valence-electron chi connectivity index (χ4n) is 4.44. The van der Waals surface area contributed by atoms with E-state index in [2.05, 4.69) is 70.8 Å². The van der Waals surface area contributed by atoms with Crippen LogP contribution in [-0.4, -0.2) is 29.2 Å². The summed E-state index contributed by atoms with van der Waals surface area (Å²) >= 11 is 5.92. The van der Waals surface area contributed by atoms with Gasteiger partial charge in [-0.25, -0.2) is 4.98 Å². The van der Waals surface area contributed by atoms with E-state index >= 15 is 0 Å². The van der Waals surface area contributed by atoms with Crippen LogP contribution in [0, 0.1) is 0 Å². The summed E-state index contributed by atoms with van der Waals surface area (Å²) in [6.45, 7) is 7.26. The maximum absolute atomic E-state index is 6.13. The van der Waals surface area contributed by atoms with Gasteiger partial charge in [0.2, 0.25) is 0 Å². The summed E-state index contributed by atoms with van der Waals surface area (Å²) in [5.74, 6) is 0.894. The molecule has 0 atom stereocenters. The van der Waals surface area contributed by atoms with E-state index in [1.807, 2.05) is 18.3 Å². The zero-order valence-electron chi connectivity index (χ0n) is 17.9. The lowest BCUT2D eigenvalue weighted by Crippen LogP contribution is -2.39. The molecule has 2 aromatic carbocycles. The van der Waals surface area contributed by atoms with Crippen molar-refractivity contribution in [2.75, 3.05) is 24.6 Å². The lowest BCUT2D eigenvalue weighted by molar-refractivity contribution is 0.319. The van der Waals surface area contributed by atoms with E-state index in [4.69, 9.17) is 16.3 Å². The highest BCUT2D eigenvalue weighted by molar-refractivity contribution is 6.29. The molecule has 0 fully saturated rings. The second-order valence-corrected chi connectivity index (χ2v) is 9.12. The first-order chi connectivity index (χ1) is 15.0. The van der Waals surface area contributed by atoms with Crippen molar-refractivity contribution in [3.63, 3.8) is 0 Å². The topological polar surface area (TPSA) is 30.3 Å². The highest BCUT2D eigenvalue weighted by Gasteiger charge is 2.30. The average molecular weight is 432 g/mol. The highest BCUT2D eigenvalue weighted by atomic mass is 35.5. The molecule has 0 saturated carbocycles. The predicted octanol–water partition coefficient (Wildman–Crippen LogP) is 6.25. The molecule has 0 amide bonds. The van der Waals surface area contributed by atoms with Gasteiger partial charge in [0.15, 0.2) is 0 Å². The number of fused-ring (bicyclic) bond motifs is 2. The number of benzene rings is 2. The number of anilines is 1. The average Bonchev–Trinajstić information content (AvgIpc) is 3.19. The number of halogens is 1. The fraction of sp³-hybridized carbons (Fsp3) is 0.269. The van der Waals surface area contributed by atoms with Crippen molar-refractivity contribution in [2.45, 2.75) is 25.7 Å². The second-order valence-electron chi connectivity index (χ2n) is 8.73. The minimum Gasteiger partial charge on any atom is -0.492 e. The monoisotopic (exact) mass is 431 g/mol. The van der Waals surface area contributed by atoms with E-state index < -0.39 is 0 Å². The molecular formula is C26H26ClN3O. The number of pyridine rings is 1. The molecule has 0 bridgehead atoms. The van der Waals surface area contributed by atoms with Gasteiger partial charge in [0.25, 0.3) is 0 Å². The molecule has 5 rings (SSSR count). The molecular weight excluding hydrogens is 406 g/mol. The van der Waals surface area contributed by atoms with Gasteiger partial charge < -0.3 is 14.2 Å². The number of hydrogen-bond acceptors (Lipinski definition) is 3. The largest absolute Gasteiger partial charge is 0.492 e. The third-order valence-corrected chi connectivity index (χ3v) is 6.49. The minimum atomic E-state index is 0.228. The zero-order chi connectivity index (χ0) is 21.4. The van der Waals surface area contributed by atoms with Gasteiger partial charge >= 0.3 is 0 Å². The van der Waals surface area contributed by atoms with Gasteiger partial charge in [0.05, 0.1) is 23.9 Å². The van der Waals surface area contributed by atoms with Crippen LogP contribution in [0.1, 0.15) is 25.8 Å². The summed E-state index contributed by atoms with van der Waals surface area (Å²) in [6.07, 6.45) is 4.98. The summed E-state index contributed by atoms with van der Waals surface area (Å²) in [4.78, 5) is 6.63. The molecule has 5 heteroatoms. The predicted molar refractivity (Wildman–Crippen MR) is 128 cm³/mol. The Morgan fingerprint density at radius 2 is 1.94 bits per heavy atom. The highest BCUT2D eigenvalue weighted by Crippen LogP contribution is 2.39. The molecule has 1 aliphatic rings. The van der Waals surface area contributed by atoms with E-state index in [1.54, 1.807) is 12.3 Å². The van der Waals surface area contributed by atoms with Crippen molar-refractivity contribution in [1.29, 1.82) is 0 Å². The van der Waals surface area contributed by atoms with Crippen molar-refractivity contribution in [3.05, 3.63) is 83.8 Å². The second kappa shape index (κ2) is 7.93. The molecule has 31 heavy (non-hydrogen) atoms. The molecule has 3 heterocycles. The van der Waals surface area contributed by atoms with Crippen LogP contribution < -0.4 is 9.64 Å². The van der Waals surface area contributed by atoms with Crippen LogP contribution in [0.4, 0.5) is 5.69 Å². The number of ether oxygens (including phenoxy) is 1. The number of para-hydroxylation sites is 1. The summed E-state index contributed by atoms with van der Waals surface area (Å²) in [6, 6.07) is 20.9. The lowest BCUT2D eigenvalue weighted by atomic mass is 9.78. The Morgan fingerprint density at radius 1 is 1.06 bits per heavy atom. The van der Waals surface area contributed by atoms with Crippen molar-refractivity contribution >= 4 is 28.2 Å². The van der Waals surface area contributed by atoms with E-state index in [1.165, 1.54) is 11.3 Å². The number of nitrogens with zero attached hydrogens (tertiary/aromatic N) is 3. The van der Waals surface area contributed by atoms with E-state index in [-0.39, 0.29) is 5.41 Å². The Hall–Kier alpha value is -2.98. The Bertz CT molecular complexity index is 1210. The van der Waals surface area contributed by atoms with Crippen LogP contribution in [0.3, 0.4) is 0 Å². The minimum absolute atomic E-state index is 0.228. The maximum atomic E-state index is 6.13. The summed E-state index contributed by atoms with van der Waals surface area (Å²) in [7, 11) is 0. The first-order valence-corrected chi connectivity index (χ1v) is 11.1. The summed E-state index contributed by atoms with van der Waals surface area (Å²) in [5.41, 5.74) is 5.10. The molecule has 158 valence electrons. The van der Waals surface area contributed by atoms with Gasteiger partial charge in [0, 0.05) is 23.8 Å². The van der Waals surface area contributed by atoms with Crippen LogP contribution in [-0.2, 0) is 5.41 Å². The van der Waals surface area contributed by atoms with Crippen molar-refractivity contribution in [2.24, 2.45) is 0 Å². The normalized spacial score (nSPS) is 15.1. The number of rotatable bonds is 5. The molecule has 0 radical (unpaired) electrons. The first-order valence-electron chi connectivity index (χ1n) is 10.7. The molecule has 4 aromatic rings. The zero-order valence-corrected chi connectivity index (χ0v) is 18.6. The summed E-state index contributed by atoms with van der Waals surface area (Å²) in [5, 5.41) is 1.63. The third-order valence-electron chi connectivity index (χ3n) is 6.26. The first kappa shape index (κ1) is 20.0. The molecule has 0 spiro atoms. The summed E-state index contributed by atoms with van der Waals surface area (Å²) < 4.78 is 8.24. The molecule has 2 aromatic heterocycles. The van der Waals surface area contributed by atoms with Gasteiger partial charge in [-0.1, -0.05) is 43.6 Å². The van der Waals surface area contributed by atoms with Gasteiger partial charge in [-0.3, -0.25) is 0 Å². The fourth-order valence-corrected chi connectivity index (χ4v) is 4.56. The molecule has 4 nitrogen and oxygen atoms in total. The molecule has 0 aliphatic carbocycles. The molecule has 0 unspecified atom stereocenters. The van der Waals surface area contributed by atoms with Crippen LogP contribution in [0.25, 0.3) is 16.6 Å². The smallest absolute Gasteiger partial charge is 0.129 e. The van der Waals surface area contributed by atoms with E-state index in [9.17, 15) is 0 Å². The van der Waals surface area contributed by atoms with Crippen molar-refractivity contribution in [3.8, 4) is 11.4 Å². The Balaban J connectivity index is 1.28.